The largest absolute Gasteiger partial charge is 0.388 e. The maximum absolute atomic E-state index is 10.9. The predicted octanol–water partition coefficient (Wildman–Crippen LogP) is 3.26. The number of nitriles is 1. The van der Waals surface area contributed by atoms with Crippen molar-refractivity contribution in [2.24, 2.45) is 17.3 Å². The van der Waals surface area contributed by atoms with Crippen LogP contribution < -0.4 is 0 Å². The second-order valence-electron chi connectivity index (χ2n) is 5.95. The molecule has 16 heavy (non-hydrogen) atoms. The van der Waals surface area contributed by atoms with Crippen molar-refractivity contribution in [3.8, 4) is 6.07 Å². The summed E-state index contributed by atoms with van der Waals surface area (Å²) in [5.41, 5.74) is -1.17. The van der Waals surface area contributed by atoms with Gasteiger partial charge >= 0.3 is 0 Å². The van der Waals surface area contributed by atoms with Crippen LogP contribution in [0.3, 0.4) is 0 Å². The quantitative estimate of drug-likeness (QED) is 0.795. The molecule has 0 spiro atoms. The minimum atomic E-state index is -0.712. The van der Waals surface area contributed by atoms with Gasteiger partial charge in [-0.2, -0.15) is 5.26 Å². The van der Waals surface area contributed by atoms with Gasteiger partial charge in [0.25, 0.3) is 0 Å². The van der Waals surface area contributed by atoms with E-state index in [9.17, 15) is 10.4 Å². The minimum absolute atomic E-state index is 0.391. The molecule has 3 unspecified atom stereocenters. The average Bonchev–Trinajstić information content (AvgIpc) is 3.11. The van der Waals surface area contributed by atoms with Gasteiger partial charge < -0.3 is 5.11 Å². The van der Waals surface area contributed by atoms with Crippen LogP contribution in [0.1, 0.15) is 58.8 Å². The van der Waals surface area contributed by atoms with Gasteiger partial charge in [-0.3, -0.25) is 0 Å². The fraction of sp³-hybridized carbons (Fsp3) is 0.929. The Morgan fingerprint density at radius 2 is 2.12 bits per heavy atom. The molecule has 0 amide bonds. The molecular formula is C14H23NO. The van der Waals surface area contributed by atoms with Crippen molar-refractivity contribution in [1.82, 2.24) is 0 Å². The van der Waals surface area contributed by atoms with Crippen molar-refractivity contribution < 1.29 is 5.11 Å². The highest BCUT2D eigenvalue weighted by Gasteiger charge is 2.58. The van der Waals surface area contributed by atoms with Crippen LogP contribution >= 0.6 is 0 Å². The summed E-state index contributed by atoms with van der Waals surface area (Å²) in [6.45, 7) is 4.25. The zero-order chi connectivity index (χ0) is 11.8. The van der Waals surface area contributed by atoms with E-state index in [1.165, 1.54) is 6.42 Å². The summed E-state index contributed by atoms with van der Waals surface area (Å²) in [6.07, 6.45) is 7.07. The Morgan fingerprint density at radius 1 is 1.44 bits per heavy atom. The van der Waals surface area contributed by atoms with E-state index in [0.717, 1.165) is 38.5 Å². The highest BCUT2D eigenvalue weighted by atomic mass is 16.3. The molecule has 2 rings (SSSR count). The number of rotatable bonds is 3. The summed E-state index contributed by atoms with van der Waals surface area (Å²) >= 11 is 0. The molecule has 0 aromatic heterocycles. The van der Waals surface area contributed by atoms with Crippen LogP contribution in [0.25, 0.3) is 0 Å². The fourth-order valence-corrected chi connectivity index (χ4v) is 3.72. The Balaban J connectivity index is 2.28. The van der Waals surface area contributed by atoms with Crippen LogP contribution in [-0.2, 0) is 0 Å². The average molecular weight is 221 g/mol. The highest BCUT2D eigenvalue weighted by molar-refractivity contribution is 5.17. The number of aliphatic hydroxyl groups is 1. The van der Waals surface area contributed by atoms with E-state index in [1.54, 1.807) is 0 Å². The van der Waals surface area contributed by atoms with Gasteiger partial charge in [-0.05, 0) is 43.9 Å². The molecule has 0 saturated heterocycles. The molecule has 2 aliphatic carbocycles. The molecule has 90 valence electrons. The van der Waals surface area contributed by atoms with Gasteiger partial charge in [-0.25, -0.2) is 0 Å². The standard InChI is InChI=1S/C14H23NO/c1-3-14(16,12-6-7-12)13(10-15)8-4-5-11(2)9-13/h11-12,16H,3-9H2,1-2H3. The normalized spacial score (nSPS) is 38.8. The molecule has 2 aliphatic rings. The molecule has 2 heteroatoms. The Bertz CT molecular complexity index is 304. The van der Waals surface area contributed by atoms with Crippen LogP contribution in [0.2, 0.25) is 0 Å². The van der Waals surface area contributed by atoms with Gasteiger partial charge in [0.1, 0.15) is 0 Å². The third-order valence-electron chi connectivity index (χ3n) is 4.83. The van der Waals surface area contributed by atoms with Crippen molar-refractivity contribution in [1.29, 1.82) is 5.26 Å². The lowest BCUT2D eigenvalue weighted by Crippen LogP contribution is -2.51. The third-order valence-corrected chi connectivity index (χ3v) is 4.83. The van der Waals surface area contributed by atoms with Crippen LogP contribution in [0.15, 0.2) is 0 Å². The van der Waals surface area contributed by atoms with E-state index in [2.05, 4.69) is 13.0 Å². The van der Waals surface area contributed by atoms with Gasteiger partial charge in [0.2, 0.25) is 0 Å². The van der Waals surface area contributed by atoms with E-state index >= 15 is 0 Å². The van der Waals surface area contributed by atoms with E-state index in [-0.39, 0.29) is 0 Å². The third kappa shape index (κ3) is 1.66. The summed E-state index contributed by atoms with van der Waals surface area (Å²) < 4.78 is 0. The zero-order valence-corrected chi connectivity index (χ0v) is 10.5. The molecule has 3 atom stereocenters. The monoisotopic (exact) mass is 221 g/mol. The van der Waals surface area contributed by atoms with Crippen molar-refractivity contribution >= 4 is 0 Å². The van der Waals surface area contributed by atoms with Gasteiger partial charge in [0.05, 0.1) is 17.1 Å². The molecule has 0 radical (unpaired) electrons. The Morgan fingerprint density at radius 3 is 2.56 bits per heavy atom. The summed E-state index contributed by atoms with van der Waals surface area (Å²) in [5.74, 6) is 0.979. The molecule has 2 saturated carbocycles. The predicted molar refractivity (Wildman–Crippen MR) is 63.6 cm³/mol. The maximum Gasteiger partial charge on any atom is 0.0865 e. The number of hydrogen-bond donors (Lipinski definition) is 1. The second-order valence-corrected chi connectivity index (χ2v) is 5.95. The van der Waals surface area contributed by atoms with E-state index in [1.807, 2.05) is 6.92 Å². The van der Waals surface area contributed by atoms with E-state index in [4.69, 9.17) is 0 Å². The first-order valence-corrected chi connectivity index (χ1v) is 6.71. The van der Waals surface area contributed by atoms with E-state index in [0.29, 0.717) is 11.8 Å². The molecule has 0 heterocycles. The lowest BCUT2D eigenvalue weighted by atomic mass is 9.59. The van der Waals surface area contributed by atoms with Crippen molar-refractivity contribution in [3.05, 3.63) is 0 Å². The first-order chi connectivity index (χ1) is 7.58. The molecule has 0 aromatic carbocycles. The van der Waals surface area contributed by atoms with E-state index < -0.39 is 11.0 Å². The van der Waals surface area contributed by atoms with Crippen molar-refractivity contribution in [2.45, 2.75) is 64.4 Å². The molecule has 1 N–H and O–H groups in total. The van der Waals surface area contributed by atoms with Crippen molar-refractivity contribution in [3.63, 3.8) is 0 Å². The topological polar surface area (TPSA) is 44.0 Å². The zero-order valence-electron chi connectivity index (χ0n) is 10.5. The Hall–Kier alpha value is -0.550. The molecule has 0 bridgehead atoms. The molecule has 2 nitrogen and oxygen atoms in total. The van der Waals surface area contributed by atoms with Crippen LogP contribution in [-0.4, -0.2) is 10.7 Å². The van der Waals surface area contributed by atoms with Gasteiger partial charge in [0, 0.05) is 0 Å². The highest BCUT2D eigenvalue weighted by Crippen LogP contribution is 2.56. The second kappa shape index (κ2) is 4.04. The summed E-state index contributed by atoms with van der Waals surface area (Å²) in [5, 5.41) is 20.5. The fourth-order valence-electron chi connectivity index (χ4n) is 3.72. The maximum atomic E-state index is 10.9. The molecule has 0 aliphatic heterocycles. The lowest BCUT2D eigenvalue weighted by molar-refractivity contribution is -0.0999. The molecule has 2 fully saturated rings. The summed E-state index contributed by atoms with van der Waals surface area (Å²) in [7, 11) is 0. The lowest BCUT2D eigenvalue weighted by Gasteiger charge is -2.46. The van der Waals surface area contributed by atoms with Crippen molar-refractivity contribution in [2.75, 3.05) is 0 Å². The first-order valence-electron chi connectivity index (χ1n) is 6.71. The number of hydrogen-bond acceptors (Lipinski definition) is 2. The van der Waals surface area contributed by atoms with Gasteiger partial charge in [0.15, 0.2) is 0 Å². The summed E-state index contributed by atoms with van der Waals surface area (Å²) in [6, 6.07) is 2.51. The minimum Gasteiger partial charge on any atom is -0.388 e. The smallest absolute Gasteiger partial charge is 0.0865 e. The SMILES string of the molecule is CCC(O)(C1CC1)C1(C#N)CCCC(C)C1. The number of nitrogens with zero attached hydrogens (tertiary/aromatic N) is 1. The van der Waals surface area contributed by atoms with Crippen LogP contribution in [0.4, 0.5) is 0 Å². The van der Waals surface area contributed by atoms with Gasteiger partial charge in [-0.1, -0.05) is 26.7 Å². The van der Waals surface area contributed by atoms with Crippen LogP contribution in [0, 0.1) is 28.6 Å². The van der Waals surface area contributed by atoms with Gasteiger partial charge in [-0.15, -0.1) is 0 Å². The molecule has 0 aromatic rings. The Kier molecular flexibility index (Phi) is 3.01. The summed E-state index contributed by atoms with van der Waals surface area (Å²) in [4.78, 5) is 0. The first kappa shape index (κ1) is 11.9. The van der Waals surface area contributed by atoms with Crippen LogP contribution in [0.5, 0.6) is 0 Å². The Labute approximate surface area is 98.7 Å². The molecular weight excluding hydrogens is 198 g/mol.